The molecule has 0 aliphatic heterocycles. The molecule has 0 aromatic heterocycles. The first kappa shape index (κ1) is 15.3. The minimum atomic E-state index is -0.0580. The van der Waals surface area contributed by atoms with Gasteiger partial charge in [-0.15, -0.1) is 0 Å². The SMILES string of the molecule is N#CCc1ccc(NC(=O)CCc2ccc(C#N)cc2)cc1. The van der Waals surface area contributed by atoms with Crippen LogP contribution in [0.15, 0.2) is 48.5 Å². The summed E-state index contributed by atoms with van der Waals surface area (Å²) in [5.41, 5.74) is 3.30. The molecule has 1 N–H and O–H groups in total. The average molecular weight is 289 g/mol. The van der Waals surface area contributed by atoms with Crippen molar-refractivity contribution in [1.82, 2.24) is 0 Å². The summed E-state index contributed by atoms with van der Waals surface area (Å²) in [5.74, 6) is -0.0580. The average Bonchev–Trinajstić information content (AvgIpc) is 2.55. The van der Waals surface area contributed by atoms with Crippen molar-refractivity contribution in [3.8, 4) is 12.1 Å². The summed E-state index contributed by atoms with van der Waals surface area (Å²) in [5, 5.41) is 20.2. The van der Waals surface area contributed by atoms with E-state index in [1.165, 1.54) is 0 Å². The second kappa shape index (κ2) is 7.61. The third-order valence-corrected chi connectivity index (χ3v) is 3.24. The molecule has 22 heavy (non-hydrogen) atoms. The minimum Gasteiger partial charge on any atom is -0.326 e. The van der Waals surface area contributed by atoms with Crippen molar-refractivity contribution in [2.45, 2.75) is 19.3 Å². The van der Waals surface area contributed by atoms with E-state index in [0.29, 0.717) is 24.8 Å². The summed E-state index contributed by atoms with van der Waals surface area (Å²) in [4.78, 5) is 11.9. The van der Waals surface area contributed by atoms with Gasteiger partial charge in [0.25, 0.3) is 0 Å². The first-order valence-electron chi connectivity index (χ1n) is 6.96. The lowest BCUT2D eigenvalue weighted by atomic mass is 10.1. The van der Waals surface area contributed by atoms with Gasteiger partial charge in [0, 0.05) is 12.1 Å². The maximum absolute atomic E-state index is 11.9. The molecule has 0 unspecified atom stereocenters. The van der Waals surface area contributed by atoms with E-state index in [1.54, 1.807) is 24.3 Å². The Bertz CT molecular complexity index is 719. The summed E-state index contributed by atoms with van der Waals surface area (Å²) in [6.45, 7) is 0. The van der Waals surface area contributed by atoms with Gasteiger partial charge in [-0.25, -0.2) is 0 Å². The number of benzene rings is 2. The maximum Gasteiger partial charge on any atom is 0.224 e. The quantitative estimate of drug-likeness (QED) is 0.918. The third kappa shape index (κ3) is 4.47. The van der Waals surface area contributed by atoms with E-state index in [4.69, 9.17) is 10.5 Å². The van der Waals surface area contributed by atoms with Crippen LogP contribution in [0.1, 0.15) is 23.1 Å². The number of rotatable bonds is 5. The minimum absolute atomic E-state index is 0.0580. The molecule has 0 radical (unpaired) electrons. The van der Waals surface area contributed by atoms with Gasteiger partial charge in [-0.3, -0.25) is 4.79 Å². The number of nitrogens with zero attached hydrogens (tertiary/aromatic N) is 2. The summed E-state index contributed by atoms with van der Waals surface area (Å²) in [7, 11) is 0. The van der Waals surface area contributed by atoms with Crippen molar-refractivity contribution < 1.29 is 4.79 Å². The predicted molar refractivity (Wildman–Crippen MR) is 83.9 cm³/mol. The zero-order valence-electron chi connectivity index (χ0n) is 12.0. The highest BCUT2D eigenvalue weighted by Gasteiger charge is 2.04. The molecule has 1 amide bonds. The number of aryl methyl sites for hydroxylation is 1. The molecule has 4 heteroatoms. The van der Waals surface area contributed by atoms with Crippen molar-refractivity contribution in [1.29, 1.82) is 10.5 Å². The molecular formula is C18H15N3O. The third-order valence-electron chi connectivity index (χ3n) is 3.24. The van der Waals surface area contributed by atoms with E-state index in [1.807, 2.05) is 24.3 Å². The van der Waals surface area contributed by atoms with Gasteiger partial charge in [0.1, 0.15) is 0 Å². The van der Waals surface area contributed by atoms with Crippen molar-refractivity contribution in [2.24, 2.45) is 0 Å². The van der Waals surface area contributed by atoms with Crippen LogP contribution in [0.3, 0.4) is 0 Å². The molecule has 0 heterocycles. The van der Waals surface area contributed by atoms with Crippen molar-refractivity contribution >= 4 is 11.6 Å². The molecule has 0 aliphatic carbocycles. The molecule has 0 bridgehead atoms. The monoisotopic (exact) mass is 289 g/mol. The zero-order chi connectivity index (χ0) is 15.8. The smallest absolute Gasteiger partial charge is 0.224 e. The molecule has 2 aromatic rings. The number of hydrogen-bond donors (Lipinski definition) is 1. The Kier molecular flexibility index (Phi) is 5.29. The number of carbonyl (C=O) groups excluding carboxylic acids is 1. The highest BCUT2D eigenvalue weighted by molar-refractivity contribution is 5.90. The van der Waals surface area contributed by atoms with Crippen LogP contribution >= 0.6 is 0 Å². The van der Waals surface area contributed by atoms with Gasteiger partial charge >= 0.3 is 0 Å². The normalized spacial score (nSPS) is 9.55. The molecule has 0 atom stereocenters. The topological polar surface area (TPSA) is 76.7 Å². The highest BCUT2D eigenvalue weighted by Crippen LogP contribution is 2.11. The van der Waals surface area contributed by atoms with Crippen LogP contribution in [-0.2, 0) is 17.6 Å². The Hall–Kier alpha value is -3.11. The second-order valence-corrected chi connectivity index (χ2v) is 4.89. The lowest BCUT2D eigenvalue weighted by Crippen LogP contribution is -2.12. The van der Waals surface area contributed by atoms with Gasteiger partial charge in [0.05, 0.1) is 24.1 Å². The van der Waals surface area contributed by atoms with Crippen LogP contribution in [0, 0.1) is 22.7 Å². The van der Waals surface area contributed by atoms with Gasteiger partial charge in [0.15, 0.2) is 0 Å². The van der Waals surface area contributed by atoms with E-state index >= 15 is 0 Å². The molecule has 108 valence electrons. The molecular weight excluding hydrogens is 274 g/mol. The first-order chi connectivity index (χ1) is 10.7. The summed E-state index contributed by atoms with van der Waals surface area (Å²) in [6, 6.07) is 18.6. The Morgan fingerprint density at radius 2 is 1.59 bits per heavy atom. The molecule has 0 saturated carbocycles. The number of anilines is 1. The fourth-order valence-electron chi connectivity index (χ4n) is 2.02. The predicted octanol–water partition coefficient (Wildman–Crippen LogP) is 3.20. The maximum atomic E-state index is 11.9. The Balaban J connectivity index is 1.84. The van der Waals surface area contributed by atoms with E-state index in [2.05, 4.69) is 17.5 Å². The van der Waals surface area contributed by atoms with Crippen LogP contribution in [-0.4, -0.2) is 5.91 Å². The molecule has 0 fully saturated rings. The molecule has 4 nitrogen and oxygen atoms in total. The van der Waals surface area contributed by atoms with Crippen molar-refractivity contribution in [2.75, 3.05) is 5.32 Å². The largest absolute Gasteiger partial charge is 0.326 e. The summed E-state index contributed by atoms with van der Waals surface area (Å²) in [6.07, 6.45) is 1.38. The Morgan fingerprint density at radius 3 is 2.18 bits per heavy atom. The fraction of sp³-hybridized carbons (Fsp3) is 0.167. The second-order valence-electron chi connectivity index (χ2n) is 4.89. The van der Waals surface area contributed by atoms with Gasteiger partial charge in [-0.2, -0.15) is 10.5 Å². The zero-order valence-corrected chi connectivity index (χ0v) is 12.0. The number of hydrogen-bond acceptors (Lipinski definition) is 3. The Labute approximate surface area is 129 Å². The molecule has 2 aromatic carbocycles. The van der Waals surface area contributed by atoms with E-state index in [9.17, 15) is 4.79 Å². The number of nitriles is 2. The fourth-order valence-corrected chi connectivity index (χ4v) is 2.02. The summed E-state index contributed by atoms with van der Waals surface area (Å²) >= 11 is 0. The molecule has 0 spiro atoms. The van der Waals surface area contributed by atoms with Gasteiger partial charge in [0.2, 0.25) is 5.91 Å². The van der Waals surface area contributed by atoms with Crippen LogP contribution in [0.25, 0.3) is 0 Å². The van der Waals surface area contributed by atoms with Crippen LogP contribution < -0.4 is 5.32 Å². The van der Waals surface area contributed by atoms with Crippen molar-refractivity contribution in [3.05, 3.63) is 65.2 Å². The molecule has 2 rings (SSSR count). The number of carbonyl (C=O) groups is 1. The number of amides is 1. The Morgan fingerprint density at radius 1 is 0.955 bits per heavy atom. The van der Waals surface area contributed by atoms with Gasteiger partial charge in [-0.05, 0) is 41.8 Å². The van der Waals surface area contributed by atoms with E-state index < -0.39 is 0 Å². The standard InChI is InChI=1S/C18H15N3O/c19-12-11-15-5-8-17(9-6-15)21-18(22)10-7-14-1-3-16(13-20)4-2-14/h1-6,8-9H,7,10-11H2,(H,21,22). The van der Waals surface area contributed by atoms with Gasteiger partial charge < -0.3 is 5.32 Å². The lowest BCUT2D eigenvalue weighted by molar-refractivity contribution is -0.116. The van der Waals surface area contributed by atoms with Crippen molar-refractivity contribution in [3.63, 3.8) is 0 Å². The van der Waals surface area contributed by atoms with Gasteiger partial charge in [-0.1, -0.05) is 24.3 Å². The van der Waals surface area contributed by atoms with E-state index in [-0.39, 0.29) is 5.91 Å². The number of nitrogens with one attached hydrogen (secondary N) is 1. The first-order valence-corrected chi connectivity index (χ1v) is 6.96. The van der Waals surface area contributed by atoms with Crippen LogP contribution in [0.2, 0.25) is 0 Å². The van der Waals surface area contributed by atoms with Crippen LogP contribution in [0.4, 0.5) is 5.69 Å². The molecule has 0 aliphatic rings. The van der Waals surface area contributed by atoms with E-state index in [0.717, 1.165) is 16.8 Å². The molecule has 0 saturated heterocycles. The van der Waals surface area contributed by atoms with Crippen LogP contribution in [0.5, 0.6) is 0 Å². The lowest BCUT2D eigenvalue weighted by Gasteiger charge is -2.06. The summed E-state index contributed by atoms with van der Waals surface area (Å²) < 4.78 is 0. The highest BCUT2D eigenvalue weighted by atomic mass is 16.1.